The van der Waals surface area contributed by atoms with E-state index in [0.29, 0.717) is 29.9 Å². The maximum atomic E-state index is 13.0. The van der Waals surface area contributed by atoms with Crippen LogP contribution in [0.1, 0.15) is 26.3 Å². The zero-order valence-corrected chi connectivity index (χ0v) is 16.6. The van der Waals surface area contributed by atoms with Gasteiger partial charge in [0.05, 0.1) is 16.1 Å². The SMILES string of the molecule is O=C(O)c1ccc(NC(=O)c2ccc3c(c2)N(S(=O)(=O)c2ccccc2)CC3)cc1. The number of carbonyl (C=O) groups is 2. The number of amides is 1. The molecule has 3 aromatic rings. The quantitative estimate of drug-likeness (QED) is 0.656. The van der Waals surface area contributed by atoms with Gasteiger partial charge in [0.2, 0.25) is 0 Å². The summed E-state index contributed by atoms with van der Waals surface area (Å²) in [6, 6.07) is 19.0. The van der Waals surface area contributed by atoms with Gasteiger partial charge in [-0.25, -0.2) is 13.2 Å². The molecule has 1 amide bonds. The van der Waals surface area contributed by atoms with Crippen molar-refractivity contribution in [3.8, 4) is 0 Å². The summed E-state index contributed by atoms with van der Waals surface area (Å²) in [7, 11) is -3.72. The highest BCUT2D eigenvalue weighted by molar-refractivity contribution is 7.92. The maximum absolute atomic E-state index is 13.0. The van der Waals surface area contributed by atoms with Crippen LogP contribution in [0.5, 0.6) is 0 Å². The lowest BCUT2D eigenvalue weighted by atomic mass is 10.1. The fourth-order valence-corrected chi connectivity index (χ4v) is 4.88. The van der Waals surface area contributed by atoms with Crippen LogP contribution in [0.15, 0.2) is 77.7 Å². The molecule has 0 spiro atoms. The Kier molecular flexibility index (Phi) is 5.01. The third-order valence-electron chi connectivity index (χ3n) is 4.92. The summed E-state index contributed by atoms with van der Waals surface area (Å²) in [6.45, 7) is 0.314. The molecule has 0 radical (unpaired) electrons. The minimum Gasteiger partial charge on any atom is -0.478 e. The Morgan fingerprint density at radius 1 is 0.900 bits per heavy atom. The molecule has 3 aromatic carbocycles. The lowest BCUT2D eigenvalue weighted by Gasteiger charge is -2.20. The molecule has 8 heteroatoms. The van der Waals surface area contributed by atoms with Crippen molar-refractivity contribution in [2.45, 2.75) is 11.3 Å². The summed E-state index contributed by atoms with van der Waals surface area (Å²) in [4.78, 5) is 23.8. The standard InChI is InChI=1S/C22H18N2O5S/c25-21(23-18-10-8-16(9-11-18)22(26)27)17-7-6-15-12-13-24(20(15)14-17)30(28,29)19-4-2-1-3-5-19/h1-11,14H,12-13H2,(H,23,25)(H,26,27). The molecular formula is C22H18N2O5S. The molecule has 0 bridgehead atoms. The van der Waals surface area contributed by atoms with Crippen molar-refractivity contribution in [2.24, 2.45) is 0 Å². The maximum Gasteiger partial charge on any atom is 0.335 e. The third-order valence-corrected chi connectivity index (χ3v) is 6.75. The van der Waals surface area contributed by atoms with E-state index in [9.17, 15) is 18.0 Å². The minimum absolute atomic E-state index is 0.118. The lowest BCUT2D eigenvalue weighted by molar-refractivity contribution is 0.0696. The molecule has 7 nitrogen and oxygen atoms in total. The van der Waals surface area contributed by atoms with Crippen LogP contribution in [0.2, 0.25) is 0 Å². The molecule has 0 aliphatic carbocycles. The number of sulfonamides is 1. The number of hydrogen-bond donors (Lipinski definition) is 2. The molecule has 0 atom stereocenters. The summed E-state index contributed by atoms with van der Waals surface area (Å²) < 4.78 is 27.4. The largest absolute Gasteiger partial charge is 0.478 e. The summed E-state index contributed by atoms with van der Waals surface area (Å²) >= 11 is 0. The van der Waals surface area contributed by atoms with Gasteiger partial charge in [-0.2, -0.15) is 0 Å². The van der Waals surface area contributed by atoms with Crippen molar-refractivity contribution < 1.29 is 23.1 Å². The average Bonchev–Trinajstić information content (AvgIpc) is 3.19. The number of carboxylic acid groups (broad SMARTS) is 1. The average molecular weight is 422 g/mol. The molecule has 4 rings (SSSR count). The number of nitrogens with zero attached hydrogens (tertiary/aromatic N) is 1. The van der Waals surface area contributed by atoms with Crippen molar-refractivity contribution in [2.75, 3.05) is 16.2 Å². The molecule has 0 unspecified atom stereocenters. The highest BCUT2D eigenvalue weighted by Gasteiger charge is 2.31. The third kappa shape index (κ3) is 3.65. The van der Waals surface area contributed by atoms with Gasteiger partial charge in [0.25, 0.3) is 15.9 Å². The van der Waals surface area contributed by atoms with Crippen molar-refractivity contribution in [1.82, 2.24) is 0 Å². The highest BCUT2D eigenvalue weighted by atomic mass is 32.2. The van der Waals surface area contributed by atoms with E-state index in [0.717, 1.165) is 5.56 Å². The number of benzene rings is 3. The second kappa shape index (κ2) is 7.64. The van der Waals surface area contributed by atoms with Gasteiger partial charge in [-0.1, -0.05) is 24.3 Å². The number of nitrogens with one attached hydrogen (secondary N) is 1. The molecule has 1 heterocycles. The Hall–Kier alpha value is -3.65. The summed E-state index contributed by atoms with van der Waals surface area (Å²) in [5.41, 5.74) is 2.22. The fraction of sp³-hybridized carbons (Fsp3) is 0.0909. The topological polar surface area (TPSA) is 104 Å². The zero-order chi connectivity index (χ0) is 21.3. The van der Waals surface area contributed by atoms with E-state index in [1.54, 1.807) is 48.5 Å². The minimum atomic E-state index is -3.72. The van der Waals surface area contributed by atoms with Gasteiger partial charge in [0, 0.05) is 17.8 Å². The Labute approximate surface area is 173 Å². The number of rotatable bonds is 5. The van der Waals surface area contributed by atoms with Crippen LogP contribution in [-0.4, -0.2) is 31.9 Å². The normalized spacial score (nSPS) is 13.0. The lowest BCUT2D eigenvalue weighted by Crippen LogP contribution is -2.29. The van der Waals surface area contributed by atoms with Gasteiger partial charge in [0.1, 0.15) is 0 Å². The summed E-state index contributed by atoms with van der Waals surface area (Å²) in [5, 5.41) is 11.7. The van der Waals surface area contributed by atoms with Crippen molar-refractivity contribution >= 4 is 33.3 Å². The van der Waals surface area contributed by atoms with Crippen LogP contribution in [0, 0.1) is 0 Å². The molecular weight excluding hydrogens is 404 g/mol. The first kappa shape index (κ1) is 19.7. The second-order valence-electron chi connectivity index (χ2n) is 6.82. The molecule has 1 aliphatic rings. The molecule has 0 aromatic heterocycles. The number of aromatic carboxylic acids is 1. The van der Waals surface area contributed by atoms with Crippen LogP contribution in [0.25, 0.3) is 0 Å². The van der Waals surface area contributed by atoms with Crippen LogP contribution in [0.3, 0.4) is 0 Å². The molecule has 2 N–H and O–H groups in total. The first-order valence-corrected chi connectivity index (χ1v) is 10.7. The number of anilines is 2. The number of carboxylic acids is 1. The monoisotopic (exact) mass is 422 g/mol. The van der Waals surface area contributed by atoms with Crippen LogP contribution >= 0.6 is 0 Å². The first-order valence-electron chi connectivity index (χ1n) is 9.22. The Balaban J connectivity index is 1.60. The Morgan fingerprint density at radius 3 is 2.23 bits per heavy atom. The summed E-state index contributed by atoms with van der Waals surface area (Å²) in [6.07, 6.45) is 0.569. The Morgan fingerprint density at radius 2 is 1.57 bits per heavy atom. The first-order chi connectivity index (χ1) is 14.4. The zero-order valence-electron chi connectivity index (χ0n) is 15.8. The second-order valence-corrected chi connectivity index (χ2v) is 8.68. The van der Waals surface area contributed by atoms with Gasteiger partial charge < -0.3 is 10.4 Å². The predicted molar refractivity (Wildman–Crippen MR) is 112 cm³/mol. The van der Waals surface area contributed by atoms with E-state index in [-0.39, 0.29) is 10.5 Å². The van der Waals surface area contributed by atoms with E-state index in [1.165, 1.54) is 28.6 Å². The van der Waals surface area contributed by atoms with Gasteiger partial charge >= 0.3 is 5.97 Å². The molecule has 152 valence electrons. The van der Waals surface area contributed by atoms with Crippen molar-refractivity contribution in [3.63, 3.8) is 0 Å². The van der Waals surface area contributed by atoms with E-state index >= 15 is 0 Å². The molecule has 0 saturated heterocycles. The number of carbonyl (C=O) groups excluding carboxylic acids is 1. The summed E-state index contributed by atoms with van der Waals surface area (Å²) in [5.74, 6) is -1.46. The molecule has 1 aliphatic heterocycles. The van der Waals surface area contributed by atoms with Crippen LogP contribution in [-0.2, 0) is 16.4 Å². The Bertz CT molecular complexity index is 1220. The van der Waals surface area contributed by atoms with Crippen molar-refractivity contribution in [1.29, 1.82) is 0 Å². The molecule has 0 saturated carbocycles. The fourth-order valence-electron chi connectivity index (χ4n) is 3.36. The van der Waals surface area contributed by atoms with Crippen LogP contribution < -0.4 is 9.62 Å². The van der Waals surface area contributed by atoms with Gasteiger partial charge in [-0.15, -0.1) is 0 Å². The van der Waals surface area contributed by atoms with E-state index in [4.69, 9.17) is 5.11 Å². The van der Waals surface area contributed by atoms with Gasteiger partial charge in [0.15, 0.2) is 0 Å². The van der Waals surface area contributed by atoms with E-state index in [1.807, 2.05) is 0 Å². The van der Waals surface area contributed by atoms with Gasteiger partial charge in [-0.05, 0) is 60.5 Å². The molecule has 0 fully saturated rings. The highest BCUT2D eigenvalue weighted by Crippen LogP contribution is 2.34. The number of hydrogen-bond acceptors (Lipinski definition) is 4. The predicted octanol–water partition coefficient (Wildman–Crippen LogP) is 3.39. The van der Waals surface area contributed by atoms with E-state index in [2.05, 4.69) is 5.32 Å². The van der Waals surface area contributed by atoms with Crippen LogP contribution in [0.4, 0.5) is 11.4 Å². The molecule has 30 heavy (non-hydrogen) atoms. The number of fused-ring (bicyclic) bond motifs is 1. The van der Waals surface area contributed by atoms with E-state index < -0.39 is 21.9 Å². The smallest absolute Gasteiger partial charge is 0.335 e. The van der Waals surface area contributed by atoms with Crippen molar-refractivity contribution in [3.05, 3.63) is 89.5 Å². The van der Waals surface area contributed by atoms with Gasteiger partial charge in [-0.3, -0.25) is 9.10 Å².